The lowest BCUT2D eigenvalue weighted by Gasteiger charge is -2.26. The van der Waals surface area contributed by atoms with E-state index in [2.05, 4.69) is 10.0 Å². The minimum Gasteiger partial charge on any atom is -0.391 e. The Hall–Kier alpha value is -0.890. The molecule has 0 saturated carbocycles. The van der Waals surface area contributed by atoms with Crippen LogP contribution < -0.4 is 0 Å². The van der Waals surface area contributed by atoms with Crippen LogP contribution in [-0.4, -0.2) is 53.3 Å². The Morgan fingerprint density at radius 3 is 2.65 bits per heavy atom. The molecule has 2 N–H and O–H groups in total. The molecule has 0 aromatic rings. The molecule has 17 heavy (non-hydrogen) atoms. The van der Waals surface area contributed by atoms with E-state index >= 15 is 0 Å². The standard InChI is InChI=1S/C9H15N3O5/c1-8(2)16-7-6(14)5(3-11-12-10)15-9(7,4-13)17-8/h5-7,13-14H,3-4H2,1-2H3/t5-,6-,7-,9-/m0/s1. The second kappa shape index (κ2) is 4.09. The maximum Gasteiger partial charge on any atom is 0.224 e. The van der Waals surface area contributed by atoms with Crippen LogP contribution in [0.4, 0.5) is 0 Å². The van der Waals surface area contributed by atoms with E-state index in [1.807, 2.05) is 0 Å². The van der Waals surface area contributed by atoms with Gasteiger partial charge in [0.2, 0.25) is 5.79 Å². The van der Waals surface area contributed by atoms with Gasteiger partial charge in [0.25, 0.3) is 0 Å². The van der Waals surface area contributed by atoms with Gasteiger partial charge in [0.1, 0.15) is 18.8 Å². The van der Waals surface area contributed by atoms with E-state index in [-0.39, 0.29) is 6.54 Å². The molecule has 2 heterocycles. The molecule has 2 aliphatic rings. The Bertz CT molecular complexity index is 357. The van der Waals surface area contributed by atoms with Crippen LogP contribution in [0.3, 0.4) is 0 Å². The molecule has 0 unspecified atom stereocenters. The maximum absolute atomic E-state index is 9.99. The molecule has 4 atom stereocenters. The molecule has 2 fully saturated rings. The first kappa shape index (κ1) is 12.6. The molecule has 0 aromatic heterocycles. The smallest absolute Gasteiger partial charge is 0.224 e. The van der Waals surface area contributed by atoms with Gasteiger partial charge in [-0.05, 0) is 19.4 Å². The molecule has 2 saturated heterocycles. The van der Waals surface area contributed by atoms with Crippen molar-refractivity contribution in [3.63, 3.8) is 0 Å². The number of aliphatic hydroxyl groups excluding tert-OH is 2. The third-order valence-electron chi connectivity index (χ3n) is 2.85. The zero-order valence-corrected chi connectivity index (χ0v) is 9.61. The molecule has 0 aromatic carbocycles. The molecular formula is C9H15N3O5. The Labute approximate surface area is 97.7 Å². The van der Waals surface area contributed by atoms with E-state index in [9.17, 15) is 10.2 Å². The van der Waals surface area contributed by atoms with Gasteiger partial charge in [0.05, 0.1) is 12.6 Å². The zero-order valence-electron chi connectivity index (χ0n) is 9.61. The van der Waals surface area contributed by atoms with E-state index in [0.717, 1.165) is 0 Å². The van der Waals surface area contributed by atoms with Crippen LogP contribution in [0.15, 0.2) is 5.11 Å². The molecule has 2 rings (SSSR count). The summed E-state index contributed by atoms with van der Waals surface area (Å²) in [6.07, 6.45) is -2.53. The van der Waals surface area contributed by atoms with Gasteiger partial charge in [-0.3, -0.25) is 0 Å². The first-order valence-corrected chi connectivity index (χ1v) is 5.30. The molecule has 96 valence electrons. The van der Waals surface area contributed by atoms with Gasteiger partial charge in [-0.2, -0.15) is 0 Å². The van der Waals surface area contributed by atoms with E-state index in [4.69, 9.17) is 19.7 Å². The molecule has 0 bridgehead atoms. The van der Waals surface area contributed by atoms with Crippen LogP contribution in [0.1, 0.15) is 13.8 Å². The van der Waals surface area contributed by atoms with E-state index < -0.39 is 36.5 Å². The second-order valence-electron chi connectivity index (χ2n) is 4.57. The van der Waals surface area contributed by atoms with Gasteiger partial charge < -0.3 is 24.4 Å². The van der Waals surface area contributed by atoms with Crippen LogP contribution in [0, 0.1) is 0 Å². The van der Waals surface area contributed by atoms with Crippen molar-refractivity contribution >= 4 is 0 Å². The normalized spacial score (nSPS) is 43.2. The summed E-state index contributed by atoms with van der Waals surface area (Å²) in [5.74, 6) is -2.31. The Morgan fingerprint density at radius 1 is 1.41 bits per heavy atom. The summed E-state index contributed by atoms with van der Waals surface area (Å²) in [5.41, 5.74) is 8.23. The number of rotatable bonds is 3. The third-order valence-corrected chi connectivity index (χ3v) is 2.85. The van der Waals surface area contributed by atoms with Crippen LogP contribution in [0.25, 0.3) is 10.4 Å². The Morgan fingerprint density at radius 2 is 2.12 bits per heavy atom. The molecule has 8 heteroatoms. The summed E-state index contributed by atoms with van der Waals surface area (Å²) in [6.45, 7) is 2.86. The van der Waals surface area contributed by atoms with Crippen molar-refractivity contribution in [2.24, 2.45) is 5.11 Å². The fraction of sp³-hybridized carbons (Fsp3) is 1.00. The maximum atomic E-state index is 9.99. The summed E-state index contributed by atoms with van der Waals surface area (Å²) < 4.78 is 16.5. The molecule has 0 aliphatic carbocycles. The summed E-state index contributed by atoms with van der Waals surface area (Å²) in [7, 11) is 0. The van der Waals surface area contributed by atoms with Crippen molar-refractivity contribution in [2.45, 2.75) is 43.7 Å². The topological polar surface area (TPSA) is 117 Å². The average Bonchev–Trinajstić information content (AvgIpc) is 2.67. The van der Waals surface area contributed by atoms with Gasteiger partial charge in [-0.15, -0.1) is 0 Å². The predicted octanol–water partition coefficient (Wildman–Crippen LogP) is -0.104. The Balaban J connectivity index is 2.18. The summed E-state index contributed by atoms with van der Waals surface area (Å²) in [6, 6.07) is 0. The number of nitrogens with zero attached hydrogens (tertiary/aromatic N) is 3. The summed E-state index contributed by atoms with van der Waals surface area (Å²) >= 11 is 0. The van der Waals surface area contributed by atoms with E-state index in [0.29, 0.717) is 0 Å². The number of hydrogen-bond acceptors (Lipinski definition) is 6. The average molecular weight is 245 g/mol. The summed E-state index contributed by atoms with van der Waals surface area (Å²) in [4.78, 5) is 2.59. The fourth-order valence-corrected chi connectivity index (χ4v) is 2.26. The van der Waals surface area contributed by atoms with Gasteiger partial charge in [0.15, 0.2) is 5.79 Å². The monoisotopic (exact) mass is 245 g/mol. The molecule has 0 amide bonds. The largest absolute Gasteiger partial charge is 0.391 e. The van der Waals surface area contributed by atoms with Crippen LogP contribution in [-0.2, 0) is 14.2 Å². The first-order chi connectivity index (χ1) is 7.94. The van der Waals surface area contributed by atoms with Gasteiger partial charge in [-0.1, -0.05) is 5.11 Å². The SMILES string of the molecule is CC1(C)O[C@H]2[C@@H](O)[C@H](CN=[N+]=[N-])O[C@@]2(CO)O1. The van der Waals surface area contributed by atoms with E-state index in [1.165, 1.54) is 0 Å². The molecule has 0 spiro atoms. The Kier molecular flexibility index (Phi) is 3.03. The predicted molar refractivity (Wildman–Crippen MR) is 54.7 cm³/mol. The summed E-state index contributed by atoms with van der Waals surface area (Å²) in [5, 5.41) is 22.7. The quantitative estimate of drug-likeness (QED) is 0.409. The highest BCUT2D eigenvalue weighted by Gasteiger charge is 2.64. The van der Waals surface area contributed by atoms with E-state index in [1.54, 1.807) is 13.8 Å². The van der Waals surface area contributed by atoms with Gasteiger partial charge in [-0.25, -0.2) is 0 Å². The van der Waals surface area contributed by atoms with Crippen molar-refractivity contribution in [3.05, 3.63) is 10.4 Å². The molecular weight excluding hydrogens is 230 g/mol. The third kappa shape index (κ3) is 1.99. The lowest BCUT2D eigenvalue weighted by atomic mass is 10.1. The number of hydrogen-bond donors (Lipinski definition) is 2. The van der Waals surface area contributed by atoms with Crippen LogP contribution in [0.2, 0.25) is 0 Å². The van der Waals surface area contributed by atoms with Crippen molar-refractivity contribution in [3.8, 4) is 0 Å². The lowest BCUT2D eigenvalue weighted by Crippen LogP contribution is -2.43. The lowest BCUT2D eigenvalue weighted by molar-refractivity contribution is -0.272. The van der Waals surface area contributed by atoms with Crippen LogP contribution >= 0.6 is 0 Å². The molecule has 2 aliphatic heterocycles. The molecule has 8 nitrogen and oxygen atoms in total. The highest BCUT2D eigenvalue weighted by Crippen LogP contribution is 2.45. The highest BCUT2D eigenvalue weighted by atomic mass is 16.9. The van der Waals surface area contributed by atoms with Gasteiger partial charge in [0, 0.05) is 4.91 Å². The van der Waals surface area contributed by atoms with Gasteiger partial charge >= 0.3 is 0 Å². The van der Waals surface area contributed by atoms with Crippen LogP contribution in [0.5, 0.6) is 0 Å². The molecule has 0 radical (unpaired) electrons. The first-order valence-electron chi connectivity index (χ1n) is 5.30. The fourth-order valence-electron chi connectivity index (χ4n) is 2.26. The minimum absolute atomic E-state index is 0.0386. The van der Waals surface area contributed by atoms with Crippen molar-refractivity contribution in [1.82, 2.24) is 0 Å². The number of azide groups is 1. The minimum atomic E-state index is -1.38. The highest BCUT2D eigenvalue weighted by molar-refractivity contribution is 5.02. The second-order valence-corrected chi connectivity index (χ2v) is 4.57. The number of aliphatic hydroxyl groups is 2. The number of ether oxygens (including phenoxy) is 3. The van der Waals surface area contributed by atoms with Crippen molar-refractivity contribution in [2.75, 3.05) is 13.2 Å². The zero-order chi connectivity index (χ0) is 12.7. The van der Waals surface area contributed by atoms with Crippen molar-refractivity contribution < 1.29 is 24.4 Å². The van der Waals surface area contributed by atoms with Crippen molar-refractivity contribution in [1.29, 1.82) is 0 Å². The number of fused-ring (bicyclic) bond motifs is 1.